The molecule has 0 bridgehead atoms. The average Bonchev–Trinajstić information content (AvgIpc) is 2.57. The Morgan fingerprint density at radius 2 is 1.64 bits per heavy atom. The molecule has 2 atom stereocenters. The highest BCUT2D eigenvalue weighted by molar-refractivity contribution is 5.69. The van der Waals surface area contributed by atoms with Crippen LogP contribution in [0.2, 0.25) is 0 Å². The van der Waals surface area contributed by atoms with Gasteiger partial charge in [0.15, 0.2) is 0 Å². The van der Waals surface area contributed by atoms with E-state index in [4.69, 9.17) is 4.74 Å². The zero-order valence-corrected chi connectivity index (χ0v) is 12.3. The number of carbonyl (C=O) groups excluding carboxylic acids is 1. The Morgan fingerprint density at radius 3 is 2.23 bits per heavy atom. The lowest BCUT2D eigenvalue weighted by Crippen LogP contribution is -2.63. The number of nitrogens with zero attached hydrogens (tertiary/aromatic N) is 1. The van der Waals surface area contributed by atoms with E-state index in [-0.39, 0.29) is 18.7 Å². The zero-order valence-electron chi connectivity index (χ0n) is 12.3. The topological polar surface area (TPSA) is 49.8 Å². The van der Waals surface area contributed by atoms with Crippen molar-refractivity contribution in [1.29, 1.82) is 0 Å². The summed E-state index contributed by atoms with van der Waals surface area (Å²) in [6, 6.07) is 19.2. The summed E-state index contributed by atoms with van der Waals surface area (Å²) >= 11 is 0. The molecule has 2 aromatic rings. The molecule has 0 unspecified atom stereocenters. The second-order valence-corrected chi connectivity index (χ2v) is 5.52. The van der Waals surface area contributed by atoms with Gasteiger partial charge >= 0.3 is 6.09 Å². The van der Waals surface area contributed by atoms with Crippen molar-refractivity contribution in [1.82, 2.24) is 4.90 Å². The first kappa shape index (κ1) is 14.6. The summed E-state index contributed by atoms with van der Waals surface area (Å²) in [6.45, 7) is 0.593. The Kier molecular flexibility index (Phi) is 4.39. The number of ether oxygens (including phenoxy) is 1. The first-order valence-electron chi connectivity index (χ1n) is 7.43. The van der Waals surface area contributed by atoms with Crippen molar-refractivity contribution in [3.05, 3.63) is 71.8 Å². The summed E-state index contributed by atoms with van der Waals surface area (Å²) in [5, 5.41) is 9.92. The standard InChI is InChI=1S/C18H19NO3/c20-17-12-19(16(17)11-14-7-3-1-4-8-14)18(21)22-13-15-9-5-2-6-10-15/h1-10,16-17,20H,11-13H2/t16-,17-/m0/s1. The van der Waals surface area contributed by atoms with E-state index < -0.39 is 6.10 Å². The molecule has 0 aromatic heterocycles. The maximum atomic E-state index is 12.1. The van der Waals surface area contributed by atoms with Gasteiger partial charge in [0.2, 0.25) is 0 Å². The zero-order chi connectivity index (χ0) is 15.4. The number of benzene rings is 2. The van der Waals surface area contributed by atoms with Crippen molar-refractivity contribution in [3.63, 3.8) is 0 Å². The van der Waals surface area contributed by atoms with Crippen LogP contribution in [0.3, 0.4) is 0 Å². The molecule has 1 aliphatic heterocycles. The van der Waals surface area contributed by atoms with E-state index in [1.165, 1.54) is 0 Å². The van der Waals surface area contributed by atoms with Gasteiger partial charge in [0.1, 0.15) is 6.61 Å². The first-order chi connectivity index (χ1) is 10.7. The SMILES string of the molecule is O=C(OCc1ccccc1)N1C[C@H](O)[C@@H]1Cc1ccccc1. The minimum Gasteiger partial charge on any atom is -0.445 e. The number of hydrogen-bond donors (Lipinski definition) is 1. The molecule has 22 heavy (non-hydrogen) atoms. The molecule has 3 rings (SSSR count). The van der Waals surface area contributed by atoms with Crippen LogP contribution in [0, 0.1) is 0 Å². The first-order valence-corrected chi connectivity index (χ1v) is 7.43. The highest BCUT2D eigenvalue weighted by Crippen LogP contribution is 2.23. The van der Waals surface area contributed by atoms with Gasteiger partial charge in [-0.05, 0) is 17.5 Å². The van der Waals surface area contributed by atoms with E-state index in [0.717, 1.165) is 11.1 Å². The van der Waals surface area contributed by atoms with Gasteiger partial charge in [-0.15, -0.1) is 0 Å². The normalized spacial score (nSPS) is 20.3. The van der Waals surface area contributed by atoms with Crippen LogP contribution in [0.15, 0.2) is 60.7 Å². The summed E-state index contributed by atoms with van der Waals surface area (Å²) < 4.78 is 5.32. The van der Waals surface area contributed by atoms with Crippen molar-refractivity contribution in [2.45, 2.75) is 25.2 Å². The lowest BCUT2D eigenvalue weighted by Gasteiger charge is -2.44. The van der Waals surface area contributed by atoms with Gasteiger partial charge in [-0.2, -0.15) is 0 Å². The maximum Gasteiger partial charge on any atom is 0.410 e. The quantitative estimate of drug-likeness (QED) is 0.943. The number of aliphatic hydroxyl groups is 1. The fourth-order valence-electron chi connectivity index (χ4n) is 2.64. The molecule has 0 aliphatic carbocycles. The second-order valence-electron chi connectivity index (χ2n) is 5.52. The van der Waals surface area contributed by atoms with Crippen molar-refractivity contribution < 1.29 is 14.6 Å². The average molecular weight is 297 g/mol. The number of amides is 1. The lowest BCUT2D eigenvalue weighted by atomic mass is 9.93. The third-order valence-electron chi connectivity index (χ3n) is 3.96. The molecule has 2 aromatic carbocycles. The Morgan fingerprint density at radius 1 is 1.05 bits per heavy atom. The smallest absolute Gasteiger partial charge is 0.410 e. The van der Waals surface area contributed by atoms with Gasteiger partial charge < -0.3 is 9.84 Å². The van der Waals surface area contributed by atoms with E-state index in [0.29, 0.717) is 13.0 Å². The highest BCUT2D eigenvalue weighted by Gasteiger charge is 2.41. The number of rotatable bonds is 4. The van der Waals surface area contributed by atoms with Gasteiger partial charge in [0.25, 0.3) is 0 Å². The Labute approximate surface area is 130 Å². The van der Waals surface area contributed by atoms with Gasteiger partial charge in [-0.25, -0.2) is 4.79 Å². The van der Waals surface area contributed by atoms with Crippen molar-refractivity contribution in [2.24, 2.45) is 0 Å². The predicted octanol–water partition coefficient (Wildman–Crippen LogP) is 2.61. The predicted molar refractivity (Wildman–Crippen MR) is 83.3 cm³/mol. The minimum atomic E-state index is -0.482. The van der Waals surface area contributed by atoms with Crippen molar-refractivity contribution in [2.75, 3.05) is 6.54 Å². The molecule has 1 heterocycles. The summed E-state index contributed by atoms with van der Waals surface area (Å²) in [4.78, 5) is 13.7. The summed E-state index contributed by atoms with van der Waals surface area (Å²) in [5.74, 6) is 0. The number of hydrogen-bond acceptors (Lipinski definition) is 3. The minimum absolute atomic E-state index is 0.203. The summed E-state index contributed by atoms with van der Waals surface area (Å²) in [7, 11) is 0. The Balaban J connectivity index is 1.56. The van der Waals surface area contributed by atoms with Crippen LogP contribution in [-0.4, -0.2) is 34.8 Å². The van der Waals surface area contributed by atoms with Crippen LogP contribution in [0.25, 0.3) is 0 Å². The fraction of sp³-hybridized carbons (Fsp3) is 0.278. The maximum absolute atomic E-state index is 12.1. The molecule has 4 nitrogen and oxygen atoms in total. The van der Waals surface area contributed by atoms with E-state index in [1.807, 2.05) is 60.7 Å². The van der Waals surface area contributed by atoms with Gasteiger partial charge in [-0.1, -0.05) is 60.7 Å². The summed E-state index contributed by atoms with van der Waals surface area (Å²) in [5.41, 5.74) is 2.06. The van der Waals surface area contributed by atoms with Crippen molar-refractivity contribution in [3.8, 4) is 0 Å². The van der Waals surface area contributed by atoms with Crippen LogP contribution >= 0.6 is 0 Å². The van der Waals surface area contributed by atoms with Crippen LogP contribution in [-0.2, 0) is 17.8 Å². The summed E-state index contributed by atoms with van der Waals surface area (Å²) in [6.07, 6.45) is -0.206. The molecule has 1 N–H and O–H groups in total. The molecule has 1 saturated heterocycles. The molecule has 1 aliphatic rings. The molecule has 0 spiro atoms. The molecular formula is C18H19NO3. The third-order valence-corrected chi connectivity index (χ3v) is 3.96. The van der Waals surface area contributed by atoms with Gasteiger partial charge in [0, 0.05) is 0 Å². The molecule has 114 valence electrons. The molecular weight excluding hydrogens is 278 g/mol. The molecule has 4 heteroatoms. The van der Waals surface area contributed by atoms with E-state index in [2.05, 4.69) is 0 Å². The largest absolute Gasteiger partial charge is 0.445 e. The van der Waals surface area contributed by atoms with Gasteiger partial charge in [-0.3, -0.25) is 4.90 Å². The van der Waals surface area contributed by atoms with Gasteiger partial charge in [0.05, 0.1) is 18.7 Å². The van der Waals surface area contributed by atoms with E-state index in [1.54, 1.807) is 4.90 Å². The van der Waals surface area contributed by atoms with E-state index >= 15 is 0 Å². The number of likely N-dealkylation sites (tertiary alicyclic amines) is 1. The third kappa shape index (κ3) is 3.28. The van der Waals surface area contributed by atoms with Crippen LogP contribution in [0.4, 0.5) is 4.79 Å². The number of β-amino-alcohol motifs (C(OH)–C–C–N with tert-alkyl or cyclic N) is 1. The fourth-order valence-corrected chi connectivity index (χ4v) is 2.64. The Hall–Kier alpha value is -2.33. The van der Waals surface area contributed by atoms with Crippen LogP contribution in [0.1, 0.15) is 11.1 Å². The molecule has 1 fully saturated rings. The number of aliphatic hydroxyl groups excluding tert-OH is 1. The highest BCUT2D eigenvalue weighted by atomic mass is 16.6. The molecule has 1 amide bonds. The number of carbonyl (C=O) groups is 1. The monoisotopic (exact) mass is 297 g/mol. The molecule has 0 saturated carbocycles. The Bertz CT molecular complexity index is 615. The molecule has 0 radical (unpaired) electrons. The second kappa shape index (κ2) is 6.62. The van der Waals surface area contributed by atoms with Crippen LogP contribution < -0.4 is 0 Å². The van der Waals surface area contributed by atoms with Crippen LogP contribution in [0.5, 0.6) is 0 Å². The van der Waals surface area contributed by atoms with E-state index in [9.17, 15) is 9.90 Å². The van der Waals surface area contributed by atoms with Crippen molar-refractivity contribution >= 4 is 6.09 Å². The lowest BCUT2D eigenvalue weighted by molar-refractivity contribution is -0.0547.